The molecule has 0 spiro atoms. The summed E-state index contributed by atoms with van der Waals surface area (Å²) in [6.07, 6.45) is 7.97. The Morgan fingerprint density at radius 2 is 2.17 bits per heavy atom. The van der Waals surface area contributed by atoms with E-state index in [0.29, 0.717) is 12.2 Å². The Morgan fingerprint density at radius 1 is 1.44 bits per heavy atom. The molecule has 0 bridgehead atoms. The summed E-state index contributed by atoms with van der Waals surface area (Å²) >= 11 is 0. The van der Waals surface area contributed by atoms with E-state index >= 15 is 0 Å². The second kappa shape index (κ2) is 11.0. The second-order valence-electron chi connectivity index (χ2n) is 3.96. The summed E-state index contributed by atoms with van der Waals surface area (Å²) in [6.45, 7) is 4.08. The number of ether oxygens (including phenoxy) is 2. The minimum atomic E-state index is -0.286. The van der Waals surface area contributed by atoms with E-state index in [4.69, 9.17) is 14.6 Å². The van der Waals surface area contributed by atoms with Crippen LogP contribution in [0, 0.1) is 0 Å². The molecule has 0 fully saturated rings. The zero-order valence-corrected chi connectivity index (χ0v) is 11.5. The van der Waals surface area contributed by atoms with Gasteiger partial charge >= 0.3 is 5.97 Å². The van der Waals surface area contributed by atoms with Gasteiger partial charge in [0.15, 0.2) is 0 Å². The molecule has 0 rings (SSSR count). The highest BCUT2D eigenvalue weighted by Crippen LogP contribution is 2.07. The van der Waals surface area contributed by atoms with E-state index in [-0.39, 0.29) is 18.7 Å². The number of aliphatic hydroxyl groups excluding tert-OH is 1. The van der Waals surface area contributed by atoms with Crippen LogP contribution >= 0.6 is 0 Å². The predicted octanol–water partition coefficient (Wildman–Crippen LogP) is 2.23. The van der Waals surface area contributed by atoms with Gasteiger partial charge in [-0.3, -0.25) is 0 Å². The van der Waals surface area contributed by atoms with Gasteiger partial charge < -0.3 is 14.6 Å². The summed E-state index contributed by atoms with van der Waals surface area (Å²) in [5.41, 5.74) is 0.581. The van der Waals surface area contributed by atoms with Crippen LogP contribution in [0.3, 0.4) is 0 Å². The van der Waals surface area contributed by atoms with Crippen molar-refractivity contribution in [2.45, 2.75) is 39.2 Å². The van der Waals surface area contributed by atoms with Crippen LogP contribution < -0.4 is 0 Å². The SMILES string of the molecule is CCOC(=O)/C(C)=C/C=C/C[C@H](CCCO)OC. The van der Waals surface area contributed by atoms with Gasteiger partial charge in [-0.25, -0.2) is 4.79 Å². The Bertz CT molecular complexity index is 282. The first-order chi connectivity index (χ1) is 8.65. The third kappa shape index (κ3) is 8.03. The lowest BCUT2D eigenvalue weighted by molar-refractivity contribution is -0.138. The molecular weight excluding hydrogens is 232 g/mol. The maximum Gasteiger partial charge on any atom is 0.333 e. The van der Waals surface area contributed by atoms with Gasteiger partial charge in [-0.2, -0.15) is 0 Å². The van der Waals surface area contributed by atoms with Gasteiger partial charge in [-0.1, -0.05) is 18.2 Å². The molecule has 0 unspecified atom stereocenters. The molecule has 0 radical (unpaired) electrons. The fourth-order valence-corrected chi connectivity index (χ4v) is 1.41. The number of methoxy groups -OCH3 is 1. The van der Waals surface area contributed by atoms with E-state index < -0.39 is 0 Å². The van der Waals surface area contributed by atoms with Crippen LogP contribution in [0.5, 0.6) is 0 Å². The van der Waals surface area contributed by atoms with Gasteiger partial charge in [-0.15, -0.1) is 0 Å². The van der Waals surface area contributed by atoms with Crippen molar-refractivity contribution in [3.05, 3.63) is 23.8 Å². The average molecular weight is 256 g/mol. The Morgan fingerprint density at radius 3 is 2.72 bits per heavy atom. The molecular formula is C14H24O4. The molecule has 0 aliphatic carbocycles. The predicted molar refractivity (Wildman–Crippen MR) is 71.3 cm³/mol. The first kappa shape index (κ1) is 16.9. The molecule has 0 aromatic rings. The van der Waals surface area contributed by atoms with Crippen LogP contribution in [0.4, 0.5) is 0 Å². The molecule has 0 heterocycles. The molecule has 0 saturated carbocycles. The number of rotatable bonds is 9. The summed E-state index contributed by atoms with van der Waals surface area (Å²) in [5.74, 6) is -0.286. The van der Waals surface area contributed by atoms with E-state index in [1.54, 1.807) is 27.0 Å². The maximum atomic E-state index is 11.3. The van der Waals surface area contributed by atoms with E-state index in [9.17, 15) is 4.79 Å². The second-order valence-corrected chi connectivity index (χ2v) is 3.96. The minimum absolute atomic E-state index is 0.115. The molecule has 4 heteroatoms. The van der Waals surface area contributed by atoms with Crippen LogP contribution in [0.2, 0.25) is 0 Å². The number of hydrogen-bond donors (Lipinski definition) is 1. The molecule has 18 heavy (non-hydrogen) atoms. The van der Waals surface area contributed by atoms with E-state index in [2.05, 4.69) is 0 Å². The average Bonchev–Trinajstić information content (AvgIpc) is 2.38. The fraction of sp³-hybridized carbons (Fsp3) is 0.643. The number of hydrogen-bond acceptors (Lipinski definition) is 4. The van der Waals surface area contributed by atoms with Crippen LogP contribution in [-0.2, 0) is 14.3 Å². The first-order valence-corrected chi connectivity index (χ1v) is 6.29. The summed E-state index contributed by atoms with van der Waals surface area (Å²) in [5, 5.41) is 8.73. The van der Waals surface area contributed by atoms with Crippen molar-refractivity contribution in [1.82, 2.24) is 0 Å². The van der Waals surface area contributed by atoms with Gasteiger partial charge in [-0.05, 0) is 33.1 Å². The molecule has 1 N–H and O–H groups in total. The van der Waals surface area contributed by atoms with Gasteiger partial charge in [0.1, 0.15) is 0 Å². The normalized spacial score (nSPS) is 13.9. The van der Waals surface area contributed by atoms with Crippen molar-refractivity contribution in [1.29, 1.82) is 0 Å². The zero-order chi connectivity index (χ0) is 13.8. The minimum Gasteiger partial charge on any atom is -0.463 e. The quantitative estimate of drug-likeness (QED) is 0.390. The molecule has 0 aliphatic rings. The summed E-state index contributed by atoms with van der Waals surface area (Å²) in [4.78, 5) is 11.3. The Kier molecular flexibility index (Phi) is 10.3. The number of esters is 1. The summed E-state index contributed by atoms with van der Waals surface area (Å²) in [7, 11) is 1.66. The fourth-order valence-electron chi connectivity index (χ4n) is 1.41. The molecule has 4 nitrogen and oxygen atoms in total. The van der Waals surface area contributed by atoms with Crippen molar-refractivity contribution in [2.75, 3.05) is 20.3 Å². The van der Waals surface area contributed by atoms with Crippen molar-refractivity contribution < 1.29 is 19.4 Å². The third-order valence-corrected chi connectivity index (χ3v) is 2.50. The summed E-state index contributed by atoms with van der Waals surface area (Å²) < 4.78 is 10.1. The largest absolute Gasteiger partial charge is 0.463 e. The van der Waals surface area contributed by atoms with Crippen molar-refractivity contribution in [2.24, 2.45) is 0 Å². The lowest BCUT2D eigenvalue weighted by Crippen LogP contribution is -2.09. The van der Waals surface area contributed by atoms with Gasteiger partial charge in [0.25, 0.3) is 0 Å². The monoisotopic (exact) mass is 256 g/mol. The smallest absolute Gasteiger partial charge is 0.333 e. The van der Waals surface area contributed by atoms with E-state index in [1.165, 1.54) is 0 Å². The van der Waals surface area contributed by atoms with Crippen molar-refractivity contribution in [3.63, 3.8) is 0 Å². The Balaban J connectivity index is 4.06. The molecule has 1 atom stereocenters. The topological polar surface area (TPSA) is 55.8 Å². The van der Waals surface area contributed by atoms with Crippen LogP contribution in [0.15, 0.2) is 23.8 Å². The first-order valence-electron chi connectivity index (χ1n) is 6.29. The highest BCUT2D eigenvalue weighted by molar-refractivity contribution is 5.88. The lowest BCUT2D eigenvalue weighted by Gasteiger charge is -2.11. The summed E-state index contributed by atoms with van der Waals surface area (Å²) in [6, 6.07) is 0. The van der Waals surface area contributed by atoms with Crippen molar-refractivity contribution >= 4 is 5.97 Å². The van der Waals surface area contributed by atoms with Crippen LogP contribution in [0.25, 0.3) is 0 Å². The number of carbonyl (C=O) groups is 1. The van der Waals surface area contributed by atoms with E-state index in [1.807, 2.05) is 12.2 Å². The van der Waals surface area contributed by atoms with Gasteiger partial charge in [0.05, 0.1) is 12.7 Å². The van der Waals surface area contributed by atoms with Gasteiger partial charge in [0, 0.05) is 19.3 Å². The number of aliphatic hydroxyl groups is 1. The molecule has 0 aromatic heterocycles. The van der Waals surface area contributed by atoms with Crippen LogP contribution in [0.1, 0.15) is 33.1 Å². The standard InChI is InChI=1S/C14H24O4/c1-4-18-14(16)12(2)8-5-6-9-13(17-3)10-7-11-15/h5-6,8,13,15H,4,7,9-11H2,1-3H3/b6-5+,12-8+/t13-/m1/s1. The molecule has 0 amide bonds. The van der Waals surface area contributed by atoms with Gasteiger partial charge in [0.2, 0.25) is 0 Å². The number of carbonyl (C=O) groups excluding carboxylic acids is 1. The van der Waals surface area contributed by atoms with E-state index in [0.717, 1.165) is 19.3 Å². The highest BCUT2D eigenvalue weighted by Gasteiger charge is 2.04. The van der Waals surface area contributed by atoms with Crippen molar-refractivity contribution in [3.8, 4) is 0 Å². The highest BCUT2D eigenvalue weighted by atomic mass is 16.5. The zero-order valence-electron chi connectivity index (χ0n) is 11.5. The lowest BCUT2D eigenvalue weighted by atomic mass is 10.1. The molecule has 0 aromatic carbocycles. The molecule has 0 aliphatic heterocycles. The Hall–Kier alpha value is -1.13. The number of allylic oxidation sites excluding steroid dienone is 2. The third-order valence-electron chi connectivity index (χ3n) is 2.50. The van der Waals surface area contributed by atoms with Crippen LogP contribution in [-0.4, -0.2) is 37.5 Å². The Labute approximate surface area is 109 Å². The molecule has 104 valence electrons. The molecule has 0 saturated heterocycles. The maximum absolute atomic E-state index is 11.3.